The SMILES string of the molecule is CN(CCC(=O)O)S(=O)(=O)Nc1ccc(CO)cc1. The minimum atomic E-state index is -3.77. The average molecular weight is 288 g/mol. The molecule has 106 valence electrons. The van der Waals surface area contributed by atoms with Crippen LogP contribution in [0.3, 0.4) is 0 Å². The Hall–Kier alpha value is -1.64. The van der Waals surface area contributed by atoms with E-state index < -0.39 is 16.2 Å². The molecule has 0 unspecified atom stereocenters. The number of hydrogen-bond donors (Lipinski definition) is 3. The van der Waals surface area contributed by atoms with Crippen LogP contribution in [0.4, 0.5) is 5.69 Å². The van der Waals surface area contributed by atoms with Gasteiger partial charge >= 0.3 is 16.2 Å². The zero-order chi connectivity index (χ0) is 14.5. The van der Waals surface area contributed by atoms with Crippen LogP contribution in [-0.4, -0.2) is 42.5 Å². The molecule has 0 aliphatic carbocycles. The highest BCUT2D eigenvalue weighted by molar-refractivity contribution is 7.90. The number of carboxylic acid groups (broad SMARTS) is 1. The largest absolute Gasteiger partial charge is 0.481 e. The number of hydrogen-bond acceptors (Lipinski definition) is 4. The van der Waals surface area contributed by atoms with Crippen LogP contribution in [0.1, 0.15) is 12.0 Å². The molecule has 8 heteroatoms. The van der Waals surface area contributed by atoms with Crippen molar-refractivity contribution in [3.05, 3.63) is 29.8 Å². The summed E-state index contributed by atoms with van der Waals surface area (Å²) in [7, 11) is -2.47. The number of aliphatic hydroxyl groups excluding tert-OH is 1. The van der Waals surface area contributed by atoms with E-state index in [-0.39, 0.29) is 19.6 Å². The number of aliphatic carboxylic acids is 1. The second-order valence-electron chi connectivity index (χ2n) is 3.93. The average Bonchev–Trinajstić information content (AvgIpc) is 2.36. The number of aliphatic hydroxyl groups is 1. The van der Waals surface area contributed by atoms with Gasteiger partial charge in [-0.2, -0.15) is 12.7 Å². The first-order valence-corrected chi connectivity index (χ1v) is 6.95. The van der Waals surface area contributed by atoms with Crippen LogP contribution in [0.15, 0.2) is 24.3 Å². The first-order chi connectivity index (χ1) is 8.85. The molecule has 19 heavy (non-hydrogen) atoms. The van der Waals surface area contributed by atoms with Crippen molar-refractivity contribution in [3.63, 3.8) is 0 Å². The van der Waals surface area contributed by atoms with Crippen LogP contribution < -0.4 is 4.72 Å². The molecule has 0 fully saturated rings. The minimum Gasteiger partial charge on any atom is -0.481 e. The van der Waals surface area contributed by atoms with Gasteiger partial charge in [-0.15, -0.1) is 0 Å². The van der Waals surface area contributed by atoms with E-state index in [2.05, 4.69) is 4.72 Å². The maximum Gasteiger partial charge on any atom is 0.304 e. The second kappa shape index (κ2) is 6.50. The van der Waals surface area contributed by atoms with Crippen LogP contribution in [0.2, 0.25) is 0 Å². The normalized spacial score (nSPS) is 11.5. The molecule has 1 rings (SSSR count). The molecular formula is C11H16N2O5S. The highest BCUT2D eigenvalue weighted by Gasteiger charge is 2.18. The predicted molar refractivity (Wildman–Crippen MR) is 69.8 cm³/mol. The molecule has 0 aromatic heterocycles. The highest BCUT2D eigenvalue weighted by Crippen LogP contribution is 2.12. The lowest BCUT2D eigenvalue weighted by molar-refractivity contribution is -0.137. The number of benzene rings is 1. The van der Waals surface area contributed by atoms with Gasteiger partial charge in [0.2, 0.25) is 0 Å². The van der Waals surface area contributed by atoms with Crippen molar-refractivity contribution in [2.24, 2.45) is 0 Å². The van der Waals surface area contributed by atoms with Crippen molar-refractivity contribution < 1.29 is 23.4 Å². The molecule has 0 saturated carbocycles. The highest BCUT2D eigenvalue weighted by atomic mass is 32.2. The van der Waals surface area contributed by atoms with E-state index >= 15 is 0 Å². The van der Waals surface area contributed by atoms with Gasteiger partial charge in [0, 0.05) is 19.3 Å². The van der Waals surface area contributed by atoms with E-state index in [9.17, 15) is 13.2 Å². The molecule has 0 bridgehead atoms. The summed E-state index contributed by atoms with van der Waals surface area (Å²) in [5.41, 5.74) is 1.02. The van der Waals surface area contributed by atoms with E-state index in [1.165, 1.54) is 19.2 Å². The lowest BCUT2D eigenvalue weighted by atomic mass is 10.2. The fourth-order valence-electron chi connectivity index (χ4n) is 1.28. The summed E-state index contributed by atoms with van der Waals surface area (Å²) in [5, 5.41) is 17.4. The lowest BCUT2D eigenvalue weighted by Crippen LogP contribution is -2.34. The van der Waals surface area contributed by atoms with E-state index in [0.29, 0.717) is 11.3 Å². The van der Waals surface area contributed by atoms with E-state index in [0.717, 1.165) is 4.31 Å². The van der Waals surface area contributed by atoms with Crippen molar-refractivity contribution in [1.29, 1.82) is 0 Å². The third-order valence-corrected chi connectivity index (χ3v) is 3.93. The maximum atomic E-state index is 11.8. The smallest absolute Gasteiger partial charge is 0.304 e. The van der Waals surface area contributed by atoms with Crippen LogP contribution >= 0.6 is 0 Å². The van der Waals surface area contributed by atoms with Gasteiger partial charge in [-0.3, -0.25) is 9.52 Å². The summed E-state index contributed by atoms with van der Waals surface area (Å²) < 4.78 is 26.9. The van der Waals surface area contributed by atoms with Crippen LogP contribution in [0.5, 0.6) is 0 Å². The molecule has 0 saturated heterocycles. The molecule has 1 aromatic carbocycles. The molecule has 0 heterocycles. The molecular weight excluding hydrogens is 272 g/mol. The minimum absolute atomic E-state index is 0.112. The van der Waals surface area contributed by atoms with E-state index in [1.54, 1.807) is 12.1 Å². The van der Waals surface area contributed by atoms with E-state index in [4.69, 9.17) is 10.2 Å². The van der Waals surface area contributed by atoms with Crippen molar-refractivity contribution >= 4 is 21.9 Å². The summed E-state index contributed by atoms with van der Waals surface area (Å²) in [6.07, 6.45) is -0.263. The van der Waals surface area contributed by atoms with Crippen LogP contribution in [-0.2, 0) is 21.6 Å². The molecule has 0 aliphatic rings. The molecule has 0 atom stereocenters. The van der Waals surface area contributed by atoms with Gasteiger partial charge in [0.05, 0.1) is 13.0 Å². The Labute approximate surface area is 111 Å². The fourth-order valence-corrected chi connectivity index (χ4v) is 2.20. The predicted octanol–water partition coefficient (Wildman–Crippen LogP) is 0.242. The van der Waals surface area contributed by atoms with Crippen LogP contribution in [0, 0.1) is 0 Å². The topological polar surface area (TPSA) is 107 Å². The van der Waals surface area contributed by atoms with Gasteiger partial charge < -0.3 is 10.2 Å². The Kier molecular flexibility index (Phi) is 5.28. The van der Waals surface area contributed by atoms with E-state index in [1.807, 2.05) is 0 Å². The summed E-state index contributed by atoms with van der Waals surface area (Å²) in [4.78, 5) is 10.4. The Bertz CT molecular complexity index is 527. The standard InChI is InChI=1S/C11H16N2O5S/c1-13(7-6-11(15)16)19(17,18)12-10-4-2-9(8-14)3-5-10/h2-5,12,14H,6-8H2,1H3,(H,15,16). The zero-order valence-corrected chi connectivity index (χ0v) is 11.2. The second-order valence-corrected chi connectivity index (χ2v) is 5.71. The summed E-state index contributed by atoms with van der Waals surface area (Å²) in [6, 6.07) is 6.23. The maximum absolute atomic E-state index is 11.8. The number of carbonyl (C=O) groups is 1. The Balaban J connectivity index is 2.69. The molecule has 3 N–H and O–H groups in total. The van der Waals surface area contributed by atoms with Gasteiger partial charge in [-0.05, 0) is 17.7 Å². The first-order valence-electron chi connectivity index (χ1n) is 5.51. The Morgan fingerprint density at radius 3 is 2.37 bits per heavy atom. The molecule has 0 amide bonds. The molecule has 1 aromatic rings. The third-order valence-electron chi connectivity index (χ3n) is 2.43. The van der Waals surface area contributed by atoms with Crippen LogP contribution in [0.25, 0.3) is 0 Å². The lowest BCUT2D eigenvalue weighted by Gasteiger charge is -2.17. The van der Waals surface area contributed by atoms with Gasteiger partial charge in [0.1, 0.15) is 0 Å². The molecule has 0 radical (unpaired) electrons. The van der Waals surface area contributed by atoms with Crippen molar-refractivity contribution in [3.8, 4) is 0 Å². The number of nitrogens with zero attached hydrogens (tertiary/aromatic N) is 1. The summed E-state index contributed by atoms with van der Waals surface area (Å²) in [5.74, 6) is -1.06. The summed E-state index contributed by atoms with van der Waals surface area (Å²) >= 11 is 0. The monoisotopic (exact) mass is 288 g/mol. The fraction of sp³-hybridized carbons (Fsp3) is 0.364. The summed E-state index contributed by atoms with van der Waals surface area (Å²) in [6.45, 7) is -0.231. The van der Waals surface area contributed by atoms with Crippen molar-refractivity contribution in [2.45, 2.75) is 13.0 Å². The Morgan fingerprint density at radius 1 is 1.32 bits per heavy atom. The quantitative estimate of drug-likeness (QED) is 0.666. The number of carboxylic acids is 1. The van der Waals surface area contributed by atoms with Gasteiger partial charge in [-0.25, -0.2) is 0 Å². The van der Waals surface area contributed by atoms with Gasteiger partial charge in [0.25, 0.3) is 0 Å². The third kappa shape index (κ3) is 4.86. The Morgan fingerprint density at radius 2 is 1.89 bits per heavy atom. The zero-order valence-electron chi connectivity index (χ0n) is 10.4. The number of rotatable bonds is 7. The number of anilines is 1. The van der Waals surface area contributed by atoms with Crippen molar-refractivity contribution in [1.82, 2.24) is 4.31 Å². The van der Waals surface area contributed by atoms with Crippen molar-refractivity contribution in [2.75, 3.05) is 18.3 Å². The number of nitrogens with one attached hydrogen (secondary N) is 1. The first kappa shape index (κ1) is 15.4. The molecule has 7 nitrogen and oxygen atoms in total. The van der Waals surface area contributed by atoms with Gasteiger partial charge in [0.15, 0.2) is 0 Å². The molecule has 0 aliphatic heterocycles. The van der Waals surface area contributed by atoms with Gasteiger partial charge in [-0.1, -0.05) is 12.1 Å². The molecule has 0 spiro atoms.